The zero-order chi connectivity index (χ0) is 14.0. The maximum Gasteiger partial charge on any atom is 0.236 e. The van der Waals surface area contributed by atoms with Crippen LogP contribution in [0.3, 0.4) is 0 Å². The van der Waals surface area contributed by atoms with Gasteiger partial charge in [-0.15, -0.1) is 0 Å². The highest BCUT2D eigenvalue weighted by atomic mass is 16.3. The molecule has 20 heavy (non-hydrogen) atoms. The molecule has 3 rings (SSSR count). The molecular weight excluding hydrogens is 256 g/mol. The highest BCUT2D eigenvalue weighted by molar-refractivity contribution is 6.07. The van der Waals surface area contributed by atoms with Crippen molar-refractivity contribution in [3.8, 4) is 0 Å². The molecule has 0 aliphatic heterocycles. The van der Waals surface area contributed by atoms with E-state index in [9.17, 15) is 9.59 Å². The summed E-state index contributed by atoms with van der Waals surface area (Å²) in [4.78, 5) is 24.5. The van der Waals surface area contributed by atoms with Crippen LogP contribution < -0.4 is 10.6 Å². The lowest BCUT2D eigenvalue weighted by molar-refractivity contribution is -0.137. The lowest BCUT2D eigenvalue weighted by Crippen LogP contribution is -2.45. The van der Waals surface area contributed by atoms with Crippen LogP contribution in [0.25, 0.3) is 0 Å². The predicted molar refractivity (Wildman–Crippen MR) is 72.6 cm³/mol. The minimum absolute atomic E-state index is 0.0960. The fraction of sp³-hybridized carbons (Fsp3) is 0.600. The Morgan fingerprint density at radius 2 is 2.00 bits per heavy atom. The van der Waals surface area contributed by atoms with E-state index in [1.807, 2.05) is 0 Å². The predicted octanol–water partition coefficient (Wildman–Crippen LogP) is 1.73. The van der Waals surface area contributed by atoms with Gasteiger partial charge < -0.3 is 15.1 Å². The van der Waals surface area contributed by atoms with Crippen LogP contribution in [0.5, 0.6) is 0 Å². The van der Waals surface area contributed by atoms with Crippen molar-refractivity contribution in [3.63, 3.8) is 0 Å². The van der Waals surface area contributed by atoms with Crippen molar-refractivity contribution in [1.82, 2.24) is 10.6 Å². The van der Waals surface area contributed by atoms with Gasteiger partial charge in [0, 0.05) is 6.04 Å². The van der Waals surface area contributed by atoms with E-state index in [0.29, 0.717) is 25.1 Å². The minimum Gasteiger partial charge on any atom is -0.467 e. The number of carbonyl (C=O) groups is 2. The number of hydrogen-bond donors (Lipinski definition) is 2. The van der Waals surface area contributed by atoms with Crippen molar-refractivity contribution in [2.24, 2.45) is 5.41 Å². The third-order valence-electron chi connectivity index (χ3n) is 4.31. The zero-order valence-corrected chi connectivity index (χ0v) is 11.5. The van der Waals surface area contributed by atoms with Gasteiger partial charge >= 0.3 is 0 Å². The van der Waals surface area contributed by atoms with E-state index in [1.54, 1.807) is 18.4 Å². The molecule has 0 atom stereocenters. The first-order valence-corrected chi connectivity index (χ1v) is 7.32. The molecule has 0 radical (unpaired) electrons. The maximum absolute atomic E-state index is 12.3. The fourth-order valence-electron chi connectivity index (χ4n) is 2.83. The average Bonchev–Trinajstić information content (AvgIpc) is 2.87. The van der Waals surface area contributed by atoms with Crippen molar-refractivity contribution >= 4 is 11.8 Å². The highest BCUT2D eigenvalue weighted by Crippen LogP contribution is 2.46. The first kappa shape index (κ1) is 13.2. The number of hydrogen-bond acceptors (Lipinski definition) is 3. The summed E-state index contributed by atoms with van der Waals surface area (Å²) in [5, 5.41) is 5.83. The van der Waals surface area contributed by atoms with E-state index in [4.69, 9.17) is 4.42 Å². The molecule has 1 aromatic rings. The smallest absolute Gasteiger partial charge is 0.236 e. The van der Waals surface area contributed by atoms with Gasteiger partial charge in [-0.2, -0.15) is 0 Å². The van der Waals surface area contributed by atoms with Crippen LogP contribution in [0.2, 0.25) is 0 Å². The van der Waals surface area contributed by atoms with Crippen LogP contribution >= 0.6 is 0 Å². The first-order chi connectivity index (χ1) is 9.71. The second-order valence-corrected chi connectivity index (χ2v) is 5.80. The number of carbonyl (C=O) groups excluding carboxylic acids is 2. The third-order valence-corrected chi connectivity index (χ3v) is 4.31. The summed E-state index contributed by atoms with van der Waals surface area (Å²) >= 11 is 0. The Bertz CT molecular complexity index is 485. The topological polar surface area (TPSA) is 71.3 Å². The van der Waals surface area contributed by atoms with Crippen molar-refractivity contribution in [3.05, 3.63) is 24.2 Å². The molecule has 2 aliphatic rings. The Hall–Kier alpha value is -1.78. The summed E-state index contributed by atoms with van der Waals surface area (Å²) in [7, 11) is 0. The summed E-state index contributed by atoms with van der Waals surface area (Å²) < 4.78 is 5.17. The first-order valence-electron chi connectivity index (χ1n) is 7.32. The van der Waals surface area contributed by atoms with Gasteiger partial charge in [-0.25, -0.2) is 0 Å². The van der Waals surface area contributed by atoms with Crippen molar-refractivity contribution in [2.45, 2.75) is 51.1 Å². The average molecular weight is 276 g/mol. The summed E-state index contributed by atoms with van der Waals surface area (Å²) in [6.45, 7) is 0.338. The van der Waals surface area contributed by atoms with Gasteiger partial charge in [0.05, 0.1) is 12.8 Å². The molecule has 2 fully saturated rings. The molecule has 108 valence electrons. The zero-order valence-electron chi connectivity index (χ0n) is 11.5. The van der Waals surface area contributed by atoms with Crippen LogP contribution in [0.15, 0.2) is 22.8 Å². The molecule has 5 nitrogen and oxygen atoms in total. The van der Waals surface area contributed by atoms with Gasteiger partial charge in [0.1, 0.15) is 11.2 Å². The van der Waals surface area contributed by atoms with Gasteiger partial charge in [0.2, 0.25) is 11.8 Å². The fourth-order valence-corrected chi connectivity index (χ4v) is 2.83. The van der Waals surface area contributed by atoms with Crippen LogP contribution in [-0.4, -0.2) is 17.9 Å². The molecule has 2 aliphatic carbocycles. The Kier molecular flexibility index (Phi) is 3.51. The van der Waals surface area contributed by atoms with Gasteiger partial charge in [-0.05, 0) is 37.8 Å². The second-order valence-electron chi connectivity index (χ2n) is 5.80. The molecule has 2 saturated carbocycles. The van der Waals surface area contributed by atoms with Gasteiger partial charge in [0.25, 0.3) is 0 Å². The summed E-state index contributed by atoms with van der Waals surface area (Å²) in [6, 6.07) is 3.84. The van der Waals surface area contributed by atoms with E-state index < -0.39 is 5.41 Å². The van der Waals surface area contributed by atoms with E-state index in [1.165, 1.54) is 12.8 Å². The van der Waals surface area contributed by atoms with E-state index in [2.05, 4.69) is 10.6 Å². The number of amides is 2. The van der Waals surface area contributed by atoms with E-state index in [-0.39, 0.29) is 17.9 Å². The molecule has 5 heteroatoms. The van der Waals surface area contributed by atoms with E-state index >= 15 is 0 Å². The molecule has 2 amide bonds. The van der Waals surface area contributed by atoms with Gasteiger partial charge in [-0.3, -0.25) is 9.59 Å². The molecule has 0 aromatic carbocycles. The molecule has 0 unspecified atom stereocenters. The summed E-state index contributed by atoms with van der Waals surface area (Å²) in [5.74, 6) is 0.427. The number of nitrogens with one attached hydrogen (secondary N) is 2. The Morgan fingerprint density at radius 3 is 2.60 bits per heavy atom. The van der Waals surface area contributed by atoms with Crippen molar-refractivity contribution < 1.29 is 14.0 Å². The van der Waals surface area contributed by atoms with Crippen LogP contribution in [0.4, 0.5) is 0 Å². The highest BCUT2D eigenvalue weighted by Gasteiger charge is 2.56. The molecule has 0 saturated heterocycles. The Balaban J connectivity index is 1.54. The molecule has 1 aromatic heterocycles. The minimum atomic E-state index is -0.824. The largest absolute Gasteiger partial charge is 0.467 e. The van der Waals surface area contributed by atoms with Gasteiger partial charge in [0.15, 0.2) is 0 Å². The standard InChI is InChI=1S/C15H20N2O3/c18-13(16-10-12-6-3-9-20-12)15(7-8-15)14(19)17-11-4-1-2-5-11/h3,6,9,11H,1-2,4-5,7-8,10H2,(H,16,18)(H,17,19). The molecule has 2 N–H and O–H groups in total. The monoisotopic (exact) mass is 276 g/mol. The normalized spacial score (nSPS) is 20.6. The number of rotatable bonds is 5. The maximum atomic E-state index is 12.3. The quantitative estimate of drug-likeness (QED) is 0.805. The summed E-state index contributed by atoms with van der Waals surface area (Å²) in [5.41, 5.74) is -0.824. The van der Waals surface area contributed by atoms with Crippen LogP contribution in [0.1, 0.15) is 44.3 Å². The second kappa shape index (κ2) is 5.31. The van der Waals surface area contributed by atoms with Crippen molar-refractivity contribution in [2.75, 3.05) is 0 Å². The molecule has 0 bridgehead atoms. The third kappa shape index (κ3) is 2.57. The lowest BCUT2D eigenvalue weighted by Gasteiger charge is -2.18. The summed E-state index contributed by atoms with van der Waals surface area (Å²) in [6.07, 6.45) is 7.28. The molecule has 0 spiro atoms. The van der Waals surface area contributed by atoms with Crippen LogP contribution in [0, 0.1) is 5.41 Å². The Labute approximate surface area is 118 Å². The van der Waals surface area contributed by atoms with Crippen LogP contribution in [-0.2, 0) is 16.1 Å². The van der Waals surface area contributed by atoms with E-state index in [0.717, 1.165) is 12.8 Å². The van der Waals surface area contributed by atoms with Gasteiger partial charge in [-0.1, -0.05) is 12.8 Å². The SMILES string of the molecule is O=C(NCc1ccco1)C1(C(=O)NC2CCCC2)CC1. The Morgan fingerprint density at radius 1 is 1.25 bits per heavy atom. The lowest BCUT2D eigenvalue weighted by atomic mass is 10.0. The molecule has 1 heterocycles. The number of furan rings is 1. The molecular formula is C15H20N2O3. The van der Waals surface area contributed by atoms with Crippen molar-refractivity contribution in [1.29, 1.82) is 0 Å².